The second-order valence-corrected chi connectivity index (χ2v) is 9.55. The lowest BCUT2D eigenvalue weighted by atomic mass is 10.2. The molecule has 3 rings (SSSR count). The van der Waals surface area contributed by atoms with Crippen LogP contribution < -0.4 is 10.0 Å². The largest absolute Gasteiger partial charge is 0.449 e. The molecular weight excluding hydrogens is 498 g/mol. The summed E-state index contributed by atoms with van der Waals surface area (Å²) < 4.78 is 33.2. The summed E-state index contributed by atoms with van der Waals surface area (Å²) in [6.45, 7) is 3.10. The van der Waals surface area contributed by atoms with Gasteiger partial charge in [-0.05, 0) is 55.8 Å². The number of sulfonamides is 1. The number of non-ortho nitro benzene ring substituents is 1. The summed E-state index contributed by atoms with van der Waals surface area (Å²) in [6, 6.07) is 15.5. The molecule has 0 aliphatic heterocycles. The summed E-state index contributed by atoms with van der Waals surface area (Å²) in [5.41, 5.74) is 0.851. The van der Waals surface area contributed by atoms with Crippen LogP contribution in [0.3, 0.4) is 0 Å². The number of carbonyl (C=O) groups is 2. The molecule has 1 atom stereocenters. The summed E-state index contributed by atoms with van der Waals surface area (Å²) in [5, 5.41) is 13.2. The first kappa shape index (κ1) is 25.7. The van der Waals surface area contributed by atoms with Crippen LogP contribution in [0.15, 0.2) is 71.6 Å². The van der Waals surface area contributed by atoms with Crippen LogP contribution in [-0.2, 0) is 19.6 Å². The number of aryl methyl sites for hydroxylation is 1. The van der Waals surface area contributed by atoms with E-state index in [0.717, 1.165) is 17.7 Å². The molecule has 0 saturated carbocycles. The van der Waals surface area contributed by atoms with E-state index < -0.39 is 32.9 Å². The third kappa shape index (κ3) is 6.55. The molecule has 0 radical (unpaired) electrons. The lowest BCUT2D eigenvalue weighted by Gasteiger charge is -2.15. The Bertz CT molecular complexity index is 1410. The fourth-order valence-electron chi connectivity index (χ4n) is 2.97. The Kier molecular flexibility index (Phi) is 7.72. The third-order valence-corrected chi connectivity index (χ3v) is 6.42. The number of rotatable bonds is 8. The maximum atomic E-state index is 12.8. The SMILES string of the molecule is Cc1cccc(NS(=O)(=O)c2ccc(Cl)c(C(=O)O[C@H](C)C(=O)Nc3cccc([N+](=O)[O-])c3)c2)c1. The van der Waals surface area contributed by atoms with Gasteiger partial charge in [-0.2, -0.15) is 0 Å². The molecule has 3 aromatic carbocycles. The topological polar surface area (TPSA) is 145 Å². The number of nitro benzene ring substituents is 1. The van der Waals surface area contributed by atoms with E-state index in [9.17, 15) is 28.1 Å². The zero-order valence-electron chi connectivity index (χ0n) is 18.5. The Balaban J connectivity index is 1.74. The van der Waals surface area contributed by atoms with Gasteiger partial charge < -0.3 is 10.1 Å². The van der Waals surface area contributed by atoms with E-state index in [-0.39, 0.29) is 26.9 Å². The van der Waals surface area contributed by atoms with Gasteiger partial charge in [0.2, 0.25) is 0 Å². The molecule has 0 spiro atoms. The first-order chi connectivity index (χ1) is 16.5. The zero-order valence-corrected chi connectivity index (χ0v) is 20.1. The lowest BCUT2D eigenvalue weighted by Crippen LogP contribution is -2.30. The Labute approximate surface area is 206 Å². The van der Waals surface area contributed by atoms with Crippen molar-refractivity contribution in [1.29, 1.82) is 0 Å². The number of hydrogen-bond acceptors (Lipinski definition) is 7. The van der Waals surface area contributed by atoms with Crippen LogP contribution in [0.25, 0.3) is 0 Å². The van der Waals surface area contributed by atoms with Gasteiger partial charge >= 0.3 is 5.97 Å². The Morgan fingerprint density at radius 2 is 1.71 bits per heavy atom. The molecule has 10 nitrogen and oxygen atoms in total. The van der Waals surface area contributed by atoms with Gasteiger partial charge in [0.25, 0.3) is 21.6 Å². The van der Waals surface area contributed by atoms with E-state index in [0.29, 0.717) is 5.69 Å². The van der Waals surface area contributed by atoms with Gasteiger partial charge in [0, 0.05) is 23.5 Å². The minimum Gasteiger partial charge on any atom is -0.449 e. The minimum absolute atomic E-state index is 0.0733. The van der Waals surface area contributed by atoms with Crippen LogP contribution >= 0.6 is 11.6 Å². The minimum atomic E-state index is -4.05. The number of ether oxygens (including phenoxy) is 1. The van der Waals surface area contributed by atoms with E-state index in [1.165, 1.54) is 37.3 Å². The van der Waals surface area contributed by atoms with E-state index in [1.807, 2.05) is 13.0 Å². The third-order valence-electron chi connectivity index (χ3n) is 4.72. The fourth-order valence-corrected chi connectivity index (χ4v) is 4.24. The molecule has 0 bridgehead atoms. The summed E-state index contributed by atoms with van der Waals surface area (Å²) in [5.74, 6) is -1.77. The second kappa shape index (κ2) is 10.5. The molecule has 1 amide bonds. The Morgan fingerprint density at radius 1 is 1.03 bits per heavy atom. The van der Waals surface area contributed by atoms with Crippen molar-refractivity contribution in [2.45, 2.75) is 24.8 Å². The van der Waals surface area contributed by atoms with Crippen molar-refractivity contribution in [1.82, 2.24) is 0 Å². The average Bonchev–Trinajstić information content (AvgIpc) is 2.79. The molecule has 2 N–H and O–H groups in total. The van der Waals surface area contributed by atoms with Crippen molar-refractivity contribution >= 4 is 50.6 Å². The highest BCUT2D eigenvalue weighted by molar-refractivity contribution is 7.92. The monoisotopic (exact) mass is 517 g/mol. The molecule has 12 heteroatoms. The van der Waals surface area contributed by atoms with Crippen molar-refractivity contribution in [3.8, 4) is 0 Å². The van der Waals surface area contributed by atoms with Crippen LogP contribution in [0.4, 0.5) is 17.1 Å². The normalized spacial score (nSPS) is 11.9. The van der Waals surface area contributed by atoms with Gasteiger partial charge in [-0.15, -0.1) is 0 Å². The summed E-state index contributed by atoms with van der Waals surface area (Å²) in [4.78, 5) is 35.1. The van der Waals surface area contributed by atoms with E-state index >= 15 is 0 Å². The van der Waals surface area contributed by atoms with Crippen molar-refractivity contribution in [2.75, 3.05) is 10.0 Å². The maximum Gasteiger partial charge on any atom is 0.340 e. The molecule has 35 heavy (non-hydrogen) atoms. The van der Waals surface area contributed by atoms with Gasteiger partial charge in [-0.3, -0.25) is 19.6 Å². The van der Waals surface area contributed by atoms with Gasteiger partial charge in [0.05, 0.1) is 20.4 Å². The number of nitro groups is 1. The second-order valence-electron chi connectivity index (χ2n) is 7.46. The standard InChI is InChI=1S/C23H20ClN3O7S/c1-14-5-3-7-17(11-14)26-35(32,33)19-9-10-21(24)20(13-19)23(29)34-15(2)22(28)25-16-6-4-8-18(12-16)27(30)31/h3-13,15,26H,1-2H3,(H,25,28)/t15-/m1/s1. The van der Waals surface area contributed by atoms with Crippen molar-refractivity contribution in [3.63, 3.8) is 0 Å². The van der Waals surface area contributed by atoms with E-state index in [2.05, 4.69) is 10.0 Å². The van der Waals surface area contributed by atoms with Crippen LogP contribution in [0.2, 0.25) is 5.02 Å². The van der Waals surface area contributed by atoms with Crippen molar-refractivity contribution < 1.29 is 27.7 Å². The summed E-state index contributed by atoms with van der Waals surface area (Å²) in [7, 11) is -4.05. The quantitative estimate of drug-likeness (QED) is 0.253. The summed E-state index contributed by atoms with van der Waals surface area (Å²) >= 11 is 6.08. The highest BCUT2D eigenvalue weighted by atomic mass is 35.5. The van der Waals surface area contributed by atoms with Crippen LogP contribution in [0.1, 0.15) is 22.8 Å². The van der Waals surface area contributed by atoms with Crippen LogP contribution in [0, 0.1) is 17.0 Å². The Hall–Kier alpha value is -3.96. The smallest absolute Gasteiger partial charge is 0.340 e. The maximum absolute atomic E-state index is 12.8. The first-order valence-corrected chi connectivity index (χ1v) is 12.0. The Morgan fingerprint density at radius 3 is 2.40 bits per heavy atom. The van der Waals surface area contributed by atoms with Crippen molar-refractivity contribution in [2.24, 2.45) is 0 Å². The molecule has 0 fully saturated rings. The molecule has 3 aromatic rings. The van der Waals surface area contributed by atoms with Crippen molar-refractivity contribution in [3.05, 3.63) is 93.0 Å². The van der Waals surface area contributed by atoms with E-state index in [1.54, 1.807) is 18.2 Å². The molecule has 0 saturated heterocycles. The number of carbonyl (C=O) groups excluding carboxylic acids is 2. The molecule has 0 aliphatic rings. The number of esters is 1. The molecule has 0 aromatic heterocycles. The van der Waals surface area contributed by atoms with Gasteiger partial charge in [0.15, 0.2) is 6.10 Å². The number of halogens is 1. The highest BCUT2D eigenvalue weighted by Crippen LogP contribution is 2.24. The lowest BCUT2D eigenvalue weighted by molar-refractivity contribution is -0.384. The van der Waals surface area contributed by atoms with Gasteiger partial charge in [-0.1, -0.05) is 29.8 Å². The van der Waals surface area contributed by atoms with Crippen LogP contribution in [0.5, 0.6) is 0 Å². The average molecular weight is 518 g/mol. The van der Waals surface area contributed by atoms with E-state index in [4.69, 9.17) is 16.3 Å². The molecule has 182 valence electrons. The van der Waals surface area contributed by atoms with Gasteiger partial charge in [-0.25, -0.2) is 13.2 Å². The van der Waals surface area contributed by atoms with Crippen LogP contribution in [-0.4, -0.2) is 31.3 Å². The zero-order chi connectivity index (χ0) is 25.8. The summed E-state index contributed by atoms with van der Waals surface area (Å²) in [6.07, 6.45) is -1.32. The number of anilines is 2. The molecular formula is C23H20ClN3O7S. The predicted molar refractivity (Wildman–Crippen MR) is 130 cm³/mol. The molecule has 0 aliphatic carbocycles. The number of benzene rings is 3. The molecule has 0 unspecified atom stereocenters. The first-order valence-electron chi connectivity index (χ1n) is 10.1. The molecule has 0 heterocycles. The number of nitrogens with one attached hydrogen (secondary N) is 2. The number of nitrogens with zero attached hydrogens (tertiary/aromatic N) is 1. The number of amides is 1. The predicted octanol–water partition coefficient (Wildman–Crippen LogP) is 4.54. The van der Waals surface area contributed by atoms with Gasteiger partial charge in [0.1, 0.15) is 0 Å². The number of hydrogen-bond donors (Lipinski definition) is 2. The fraction of sp³-hybridized carbons (Fsp3) is 0.130. The highest BCUT2D eigenvalue weighted by Gasteiger charge is 2.24.